The highest BCUT2D eigenvalue weighted by molar-refractivity contribution is 6.59. The largest absolute Gasteiger partial charge is 0.488 e. The standard InChI is InChI=1S/C23H21N7O.C14H9ClN4O.C9H13BO2.3CH4/c1-14(2)18-5-3-4-6-19(18)22-24-12-17-11-20(31)30(23(17)25-22)13-15-7-9-16(10-8-15)21-26-28-29-27-21;15-14-17-7-11-5-12(20)19(13(11)18-14)8-10-3-1-9(6-16)2-4-10;1-7(2)8-5-3-4-6-9(8)10(11)12;;;/h3-10,12,14H,11,13H2,1-2H3,(H,26,27,28,29);1-4,7H,5,8H2;3-7,11-12H,1-2H3;3*1H4. The van der Waals surface area contributed by atoms with Gasteiger partial charge in [-0.15, -0.1) is 10.2 Å². The third-order valence-corrected chi connectivity index (χ3v) is 10.7. The van der Waals surface area contributed by atoms with E-state index in [2.05, 4.69) is 61.6 Å². The minimum absolute atomic E-state index is 0. The van der Waals surface area contributed by atoms with Gasteiger partial charge in [0.15, 0.2) is 5.82 Å². The van der Waals surface area contributed by atoms with Crippen LogP contribution in [0, 0.1) is 11.3 Å². The number of fused-ring (bicyclic) bond motifs is 2. The van der Waals surface area contributed by atoms with E-state index in [1.165, 1.54) is 5.56 Å². The molecule has 5 heterocycles. The summed E-state index contributed by atoms with van der Waals surface area (Å²) in [6, 6.07) is 32.5. The molecular weight excluding hydrogens is 853 g/mol. The van der Waals surface area contributed by atoms with Gasteiger partial charge in [-0.05, 0) is 68.5 Å². The van der Waals surface area contributed by atoms with Crippen LogP contribution in [-0.2, 0) is 35.5 Å². The lowest BCUT2D eigenvalue weighted by Crippen LogP contribution is -2.33. The Balaban J connectivity index is 0.000000235. The molecule has 0 unspecified atom stereocenters. The summed E-state index contributed by atoms with van der Waals surface area (Å²) in [5.41, 5.74) is 8.82. The summed E-state index contributed by atoms with van der Waals surface area (Å²) in [7, 11) is -1.36. The Morgan fingerprint density at radius 1 is 0.712 bits per heavy atom. The number of amides is 2. The maximum atomic E-state index is 12.7. The van der Waals surface area contributed by atoms with Crippen molar-refractivity contribution in [1.82, 2.24) is 40.6 Å². The van der Waals surface area contributed by atoms with Crippen LogP contribution in [0.15, 0.2) is 109 Å². The van der Waals surface area contributed by atoms with Crippen LogP contribution in [0.2, 0.25) is 5.28 Å². The second-order valence-electron chi connectivity index (χ2n) is 15.5. The van der Waals surface area contributed by atoms with Crippen molar-refractivity contribution in [2.75, 3.05) is 9.80 Å². The molecule has 2 amide bonds. The van der Waals surface area contributed by atoms with Gasteiger partial charge in [0.25, 0.3) is 0 Å². The Morgan fingerprint density at radius 3 is 1.77 bits per heavy atom. The number of carbonyl (C=O) groups is 2. The van der Waals surface area contributed by atoms with Crippen molar-refractivity contribution in [3.8, 4) is 28.8 Å². The zero-order chi connectivity index (χ0) is 44.6. The number of H-pyrrole nitrogens is 1. The summed E-state index contributed by atoms with van der Waals surface area (Å²) in [6.45, 7) is 9.22. The van der Waals surface area contributed by atoms with Crippen LogP contribution in [0.1, 0.15) is 101 Å². The number of anilines is 2. The Kier molecular flexibility index (Phi) is 18.0. The molecule has 7 aromatic rings. The molecule has 0 saturated carbocycles. The molecule has 0 aliphatic carbocycles. The molecule has 0 radical (unpaired) electrons. The first-order chi connectivity index (χ1) is 30.4. The number of nitrogens with zero attached hydrogens (tertiary/aromatic N) is 10. The fraction of sp³-hybridized carbons (Fsp3) is 0.265. The summed E-state index contributed by atoms with van der Waals surface area (Å²) < 4.78 is 0. The van der Waals surface area contributed by atoms with E-state index >= 15 is 0 Å². The minimum atomic E-state index is -1.36. The number of aromatic amines is 1. The van der Waals surface area contributed by atoms with Gasteiger partial charge in [-0.3, -0.25) is 19.4 Å². The molecule has 9 rings (SSSR count). The number of carbonyl (C=O) groups excluding carboxylic acids is 2. The maximum absolute atomic E-state index is 12.7. The van der Waals surface area contributed by atoms with Crippen LogP contribution in [0.25, 0.3) is 22.8 Å². The Bertz CT molecular complexity index is 2740. The van der Waals surface area contributed by atoms with Gasteiger partial charge in [0, 0.05) is 34.6 Å². The normalized spacial score (nSPS) is 12.1. The van der Waals surface area contributed by atoms with E-state index in [1.54, 1.807) is 46.5 Å². The van der Waals surface area contributed by atoms with E-state index in [0.717, 1.165) is 38.9 Å². The van der Waals surface area contributed by atoms with Gasteiger partial charge >= 0.3 is 7.12 Å². The van der Waals surface area contributed by atoms with Gasteiger partial charge in [0.1, 0.15) is 11.6 Å². The zero-order valence-corrected chi connectivity index (χ0v) is 35.8. The van der Waals surface area contributed by atoms with Gasteiger partial charge in [0.05, 0.1) is 37.6 Å². The van der Waals surface area contributed by atoms with Crippen molar-refractivity contribution in [2.24, 2.45) is 0 Å². The number of benzene rings is 4. The summed E-state index contributed by atoms with van der Waals surface area (Å²) in [5, 5.41) is 40.9. The third-order valence-electron chi connectivity index (χ3n) is 10.5. The van der Waals surface area contributed by atoms with E-state index in [1.807, 2.05) is 80.6 Å². The molecule has 17 heteroatoms. The summed E-state index contributed by atoms with van der Waals surface area (Å²) >= 11 is 5.78. The van der Waals surface area contributed by atoms with E-state index in [-0.39, 0.29) is 39.4 Å². The van der Waals surface area contributed by atoms with Gasteiger partial charge in [-0.1, -0.05) is 135 Å². The predicted molar refractivity (Wildman–Crippen MR) is 260 cm³/mol. The highest BCUT2D eigenvalue weighted by Gasteiger charge is 2.31. The molecule has 0 fully saturated rings. The van der Waals surface area contributed by atoms with Crippen molar-refractivity contribution in [1.29, 1.82) is 5.26 Å². The monoisotopic (exact) mass is 907 g/mol. The number of halogens is 1. The van der Waals surface area contributed by atoms with Crippen LogP contribution >= 0.6 is 11.6 Å². The predicted octanol–water partition coefficient (Wildman–Crippen LogP) is 8.03. The smallest absolute Gasteiger partial charge is 0.423 e. The molecule has 3 N–H and O–H groups in total. The quantitative estimate of drug-likeness (QED) is 0.0929. The van der Waals surface area contributed by atoms with Crippen molar-refractivity contribution in [3.05, 3.63) is 154 Å². The van der Waals surface area contributed by atoms with Crippen LogP contribution in [0.5, 0.6) is 0 Å². The molecule has 0 spiro atoms. The third kappa shape index (κ3) is 11.9. The second kappa shape index (κ2) is 23.1. The van der Waals surface area contributed by atoms with Crippen LogP contribution in [0.3, 0.4) is 0 Å². The zero-order valence-electron chi connectivity index (χ0n) is 35.0. The second-order valence-corrected chi connectivity index (χ2v) is 15.8. The van der Waals surface area contributed by atoms with Crippen LogP contribution in [0.4, 0.5) is 11.6 Å². The average molecular weight is 908 g/mol. The molecule has 3 aromatic heterocycles. The van der Waals surface area contributed by atoms with Crippen LogP contribution < -0.4 is 15.3 Å². The first-order valence-corrected chi connectivity index (χ1v) is 20.6. The summed E-state index contributed by atoms with van der Waals surface area (Å²) in [4.78, 5) is 45.5. The Hall–Kier alpha value is -7.19. The topological polar surface area (TPSA) is 211 Å². The lowest BCUT2D eigenvalue weighted by molar-refractivity contribution is -0.118. The highest BCUT2D eigenvalue weighted by Crippen LogP contribution is 2.33. The SMILES string of the molecule is C.C.C.CC(C)c1ccccc1-c1ncc2c(n1)N(Cc1ccc(-c3nn[nH]n3)cc1)C(=O)C2.CC(C)c1ccccc1B(O)O.N#Cc1ccc(CN2C(=O)Cc3cnc(Cl)nc32)cc1. The lowest BCUT2D eigenvalue weighted by atomic mass is 9.74. The van der Waals surface area contributed by atoms with Crippen LogP contribution in [-0.4, -0.2) is 69.5 Å². The first kappa shape index (κ1) is 51.4. The molecule has 15 nitrogen and oxygen atoms in total. The Labute approximate surface area is 391 Å². The van der Waals surface area contributed by atoms with Crippen molar-refractivity contribution in [2.45, 2.75) is 87.7 Å². The number of aromatic nitrogens is 8. The average Bonchev–Trinajstić information content (AvgIpc) is 4.02. The number of nitriles is 1. The van der Waals surface area contributed by atoms with Crippen molar-refractivity contribution < 1.29 is 19.6 Å². The molecule has 0 bridgehead atoms. The van der Waals surface area contributed by atoms with Crippen molar-refractivity contribution >= 4 is 47.6 Å². The van der Waals surface area contributed by atoms with E-state index in [9.17, 15) is 9.59 Å². The minimum Gasteiger partial charge on any atom is -0.423 e. The highest BCUT2D eigenvalue weighted by atomic mass is 35.5. The van der Waals surface area contributed by atoms with E-state index in [0.29, 0.717) is 72.1 Å². The fourth-order valence-corrected chi connectivity index (χ4v) is 7.40. The van der Waals surface area contributed by atoms with Gasteiger partial charge < -0.3 is 10.0 Å². The molecule has 2 aliphatic heterocycles. The van der Waals surface area contributed by atoms with Gasteiger partial charge in [-0.25, -0.2) is 15.0 Å². The lowest BCUT2D eigenvalue weighted by Gasteiger charge is -2.18. The number of hydrogen-bond donors (Lipinski definition) is 3. The number of rotatable bonds is 9. The molecule has 4 aromatic carbocycles. The molecular formula is C49H55BClN11O4. The molecule has 340 valence electrons. The fourth-order valence-electron chi connectivity index (χ4n) is 7.27. The van der Waals surface area contributed by atoms with Gasteiger partial charge in [0.2, 0.25) is 22.9 Å². The van der Waals surface area contributed by atoms with E-state index in [4.69, 9.17) is 31.9 Å². The summed E-state index contributed by atoms with van der Waals surface area (Å²) in [5.74, 6) is 3.12. The first-order valence-electron chi connectivity index (χ1n) is 20.2. The molecule has 0 saturated heterocycles. The molecule has 66 heavy (non-hydrogen) atoms. The summed E-state index contributed by atoms with van der Waals surface area (Å²) in [6.07, 6.45) is 3.98. The number of nitrogens with one attached hydrogen (secondary N) is 1. The molecule has 2 aliphatic rings. The van der Waals surface area contributed by atoms with Crippen molar-refractivity contribution in [3.63, 3.8) is 0 Å². The number of tetrazole rings is 1. The van der Waals surface area contributed by atoms with Gasteiger partial charge in [-0.2, -0.15) is 15.5 Å². The maximum Gasteiger partial charge on any atom is 0.488 e. The number of hydrogen-bond acceptors (Lipinski definition) is 12. The molecule has 0 atom stereocenters. The van der Waals surface area contributed by atoms with E-state index < -0.39 is 7.12 Å². The Morgan fingerprint density at radius 2 is 1.24 bits per heavy atom.